The van der Waals surface area contributed by atoms with E-state index in [0.29, 0.717) is 22.6 Å². The normalized spacial score (nSPS) is 18.9. The predicted octanol–water partition coefficient (Wildman–Crippen LogP) is 4.20. The van der Waals surface area contributed by atoms with E-state index in [0.717, 1.165) is 22.9 Å². The highest BCUT2D eigenvalue weighted by molar-refractivity contribution is 8.16. The molecule has 3 N–H and O–H groups in total. The number of carbonyl (C=O) groups is 3. The summed E-state index contributed by atoms with van der Waals surface area (Å²) in [5, 5.41) is 23.3. The Labute approximate surface area is 217 Å². The van der Waals surface area contributed by atoms with Crippen LogP contribution in [-0.2, 0) is 14.4 Å². The Morgan fingerprint density at radius 2 is 1.70 bits per heavy atom. The van der Waals surface area contributed by atoms with Crippen LogP contribution in [0.3, 0.4) is 0 Å². The summed E-state index contributed by atoms with van der Waals surface area (Å²) in [5.41, 5.74) is 4.56. The Morgan fingerprint density at radius 1 is 1.00 bits per heavy atom. The van der Waals surface area contributed by atoms with Gasteiger partial charge in [-0.3, -0.25) is 19.3 Å². The van der Waals surface area contributed by atoms with E-state index in [1.54, 1.807) is 30.3 Å². The second kappa shape index (κ2) is 9.90. The maximum absolute atomic E-state index is 13.4. The van der Waals surface area contributed by atoms with Gasteiger partial charge in [-0.15, -0.1) is 10.2 Å². The smallest absolute Gasteiger partial charge is 0.276 e. The molecule has 1 unspecified atom stereocenters. The predicted molar refractivity (Wildman–Crippen MR) is 145 cm³/mol. The van der Waals surface area contributed by atoms with Crippen molar-refractivity contribution in [3.05, 3.63) is 83.4 Å². The zero-order chi connectivity index (χ0) is 26.1. The standard InChI is InChI=1S/C27H23N5O4S/c1-15-3-6-17(7-4-15)28-23(34)14-22-26(36)32(18-8-10-19(33)11-9-18)27(37-22)31-30-24-20-13-16(2)5-12-21(20)29-25(24)35/h3-13,22,33H,14H2,1-2H3,(H,28,34)(H,29,30,35)/b31-27+. The van der Waals surface area contributed by atoms with Crippen molar-refractivity contribution in [2.24, 2.45) is 10.2 Å². The van der Waals surface area contributed by atoms with E-state index in [9.17, 15) is 19.5 Å². The molecule has 2 aliphatic rings. The van der Waals surface area contributed by atoms with Gasteiger partial charge < -0.3 is 15.7 Å². The minimum atomic E-state index is -0.745. The Kier molecular flexibility index (Phi) is 6.49. The maximum atomic E-state index is 13.4. The average Bonchev–Trinajstić information content (AvgIpc) is 3.34. The van der Waals surface area contributed by atoms with Crippen molar-refractivity contribution in [3.63, 3.8) is 0 Å². The van der Waals surface area contributed by atoms with Crippen molar-refractivity contribution in [3.8, 4) is 5.75 Å². The number of carbonyl (C=O) groups excluding carboxylic acids is 3. The lowest BCUT2D eigenvalue weighted by molar-refractivity contribution is -0.121. The lowest BCUT2D eigenvalue weighted by Gasteiger charge is -2.16. The fourth-order valence-corrected chi connectivity index (χ4v) is 5.07. The molecule has 5 rings (SSSR count). The monoisotopic (exact) mass is 513 g/mol. The number of hydrogen-bond acceptors (Lipinski definition) is 7. The highest BCUT2D eigenvalue weighted by Gasteiger charge is 2.40. The van der Waals surface area contributed by atoms with E-state index in [-0.39, 0.29) is 40.8 Å². The largest absolute Gasteiger partial charge is 0.508 e. The van der Waals surface area contributed by atoms with Crippen LogP contribution in [0.1, 0.15) is 23.1 Å². The molecule has 0 radical (unpaired) electrons. The van der Waals surface area contributed by atoms with Gasteiger partial charge >= 0.3 is 0 Å². The van der Waals surface area contributed by atoms with Crippen LogP contribution < -0.4 is 15.5 Å². The summed E-state index contributed by atoms with van der Waals surface area (Å²) in [6.07, 6.45) is -0.0793. The number of fused-ring (bicyclic) bond motifs is 1. The number of nitrogens with one attached hydrogen (secondary N) is 2. The minimum Gasteiger partial charge on any atom is -0.508 e. The summed E-state index contributed by atoms with van der Waals surface area (Å²) in [4.78, 5) is 40.0. The van der Waals surface area contributed by atoms with Crippen LogP contribution in [0, 0.1) is 13.8 Å². The number of amides is 3. The molecule has 3 aromatic rings. The molecule has 0 spiro atoms. The van der Waals surface area contributed by atoms with Crippen LogP contribution in [0.25, 0.3) is 0 Å². The van der Waals surface area contributed by atoms with Crippen molar-refractivity contribution in [1.82, 2.24) is 0 Å². The lowest BCUT2D eigenvalue weighted by Crippen LogP contribution is -2.33. The van der Waals surface area contributed by atoms with Crippen molar-refractivity contribution in [2.45, 2.75) is 25.5 Å². The number of hydrogen-bond donors (Lipinski definition) is 3. The van der Waals surface area contributed by atoms with Crippen LogP contribution in [-0.4, -0.2) is 39.0 Å². The van der Waals surface area contributed by atoms with E-state index in [1.165, 1.54) is 17.0 Å². The summed E-state index contributed by atoms with van der Waals surface area (Å²) in [6, 6.07) is 19.0. The molecular formula is C27H23N5O4S. The summed E-state index contributed by atoms with van der Waals surface area (Å²) in [7, 11) is 0. The van der Waals surface area contributed by atoms with Crippen LogP contribution in [0.15, 0.2) is 76.9 Å². The Balaban J connectivity index is 1.43. The molecule has 1 atom stereocenters. The molecule has 2 heterocycles. The van der Waals surface area contributed by atoms with Gasteiger partial charge in [0, 0.05) is 17.7 Å². The topological polar surface area (TPSA) is 123 Å². The number of benzene rings is 3. The Hall–Kier alpha value is -4.44. The molecule has 3 aromatic carbocycles. The molecule has 0 bridgehead atoms. The van der Waals surface area contributed by atoms with Gasteiger partial charge in [-0.25, -0.2) is 0 Å². The number of phenols is 1. The summed E-state index contributed by atoms with van der Waals surface area (Å²) in [5.74, 6) is -0.997. The second-order valence-electron chi connectivity index (χ2n) is 8.75. The minimum absolute atomic E-state index is 0.0467. The molecule has 186 valence electrons. The second-order valence-corrected chi connectivity index (χ2v) is 9.92. The zero-order valence-electron chi connectivity index (χ0n) is 20.1. The van der Waals surface area contributed by atoms with Gasteiger partial charge in [-0.05, 0) is 62.4 Å². The fourth-order valence-electron chi connectivity index (χ4n) is 3.98. The molecular weight excluding hydrogens is 490 g/mol. The molecule has 3 amide bonds. The van der Waals surface area contributed by atoms with E-state index in [4.69, 9.17) is 0 Å². The van der Waals surface area contributed by atoms with E-state index >= 15 is 0 Å². The number of nitrogens with zero attached hydrogens (tertiary/aromatic N) is 3. The van der Waals surface area contributed by atoms with Crippen LogP contribution in [0.4, 0.5) is 17.1 Å². The first-order valence-corrected chi connectivity index (χ1v) is 12.4. The number of rotatable bonds is 5. The van der Waals surface area contributed by atoms with Gasteiger partial charge in [-0.2, -0.15) is 0 Å². The average molecular weight is 514 g/mol. The molecule has 1 saturated heterocycles. The Bertz CT molecular complexity index is 1470. The van der Waals surface area contributed by atoms with Gasteiger partial charge in [0.05, 0.1) is 11.4 Å². The number of aromatic hydroxyl groups is 1. The van der Waals surface area contributed by atoms with Gasteiger partial charge in [0.25, 0.3) is 5.91 Å². The van der Waals surface area contributed by atoms with Crippen molar-refractivity contribution >= 4 is 57.4 Å². The van der Waals surface area contributed by atoms with Crippen LogP contribution in [0.2, 0.25) is 0 Å². The lowest BCUT2D eigenvalue weighted by atomic mass is 10.1. The zero-order valence-corrected chi connectivity index (χ0v) is 20.9. The number of anilines is 3. The number of aryl methyl sites for hydroxylation is 2. The van der Waals surface area contributed by atoms with Gasteiger partial charge in [0.2, 0.25) is 11.8 Å². The number of thioether (sulfide) groups is 1. The first-order valence-electron chi connectivity index (χ1n) is 11.5. The third-order valence-corrected chi connectivity index (χ3v) is 7.01. The first-order chi connectivity index (χ1) is 17.8. The molecule has 1 fully saturated rings. The van der Waals surface area contributed by atoms with Crippen LogP contribution >= 0.6 is 11.8 Å². The van der Waals surface area contributed by atoms with Crippen molar-refractivity contribution in [2.75, 3.05) is 15.5 Å². The molecule has 10 heteroatoms. The number of amidine groups is 1. The van der Waals surface area contributed by atoms with E-state index in [1.807, 2.05) is 38.1 Å². The first kappa shape index (κ1) is 24.3. The van der Waals surface area contributed by atoms with E-state index < -0.39 is 5.25 Å². The maximum Gasteiger partial charge on any atom is 0.276 e. The van der Waals surface area contributed by atoms with Gasteiger partial charge in [0.15, 0.2) is 10.9 Å². The third kappa shape index (κ3) is 5.10. The molecule has 37 heavy (non-hydrogen) atoms. The summed E-state index contributed by atoms with van der Waals surface area (Å²) >= 11 is 1.10. The third-order valence-electron chi connectivity index (χ3n) is 5.88. The molecule has 2 aliphatic heterocycles. The van der Waals surface area contributed by atoms with Crippen molar-refractivity contribution in [1.29, 1.82) is 0 Å². The SMILES string of the molecule is Cc1ccc(NC(=O)CC2S/C(=N/N=C3\C(=O)Nc4ccc(C)cc43)N(c3ccc(O)cc3)C2=O)cc1. The molecule has 0 saturated carbocycles. The van der Waals surface area contributed by atoms with E-state index in [2.05, 4.69) is 20.8 Å². The molecule has 0 aromatic heterocycles. The van der Waals surface area contributed by atoms with Gasteiger partial charge in [0.1, 0.15) is 11.0 Å². The highest BCUT2D eigenvalue weighted by atomic mass is 32.2. The summed E-state index contributed by atoms with van der Waals surface area (Å²) in [6.45, 7) is 3.87. The number of phenolic OH excluding ortho intramolecular Hbond substituents is 1. The summed E-state index contributed by atoms with van der Waals surface area (Å²) < 4.78 is 0. The van der Waals surface area contributed by atoms with Crippen molar-refractivity contribution < 1.29 is 19.5 Å². The molecule has 0 aliphatic carbocycles. The van der Waals surface area contributed by atoms with Crippen LogP contribution in [0.5, 0.6) is 5.75 Å². The molecule has 9 nitrogen and oxygen atoms in total. The quantitative estimate of drug-likeness (QED) is 0.441. The fraction of sp³-hybridized carbons (Fsp3) is 0.148. The van der Waals surface area contributed by atoms with Gasteiger partial charge in [-0.1, -0.05) is 41.1 Å². The highest BCUT2D eigenvalue weighted by Crippen LogP contribution is 2.35. The Morgan fingerprint density at radius 3 is 2.43 bits per heavy atom.